The number of aromatic amines is 1. The van der Waals surface area contributed by atoms with Gasteiger partial charge in [-0.3, -0.25) is 14.7 Å². The van der Waals surface area contributed by atoms with Crippen LogP contribution in [0.15, 0.2) is 67.0 Å². The molecule has 3 heterocycles. The molecular weight excluding hydrogens is 416 g/mol. The second kappa shape index (κ2) is 8.90. The lowest BCUT2D eigenvalue weighted by Gasteiger charge is -2.31. The molecule has 1 N–H and O–H groups in total. The zero-order chi connectivity index (χ0) is 22.8. The second-order valence-corrected chi connectivity index (χ2v) is 8.42. The maximum atomic E-state index is 12.9. The Morgan fingerprint density at radius 3 is 2.58 bits per heavy atom. The van der Waals surface area contributed by atoms with Gasteiger partial charge < -0.3 is 14.4 Å². The van der Waals surface area contributed by atoms with E-state index in [4.69, 9.17) is 0 Å². The quantitative estimate of drug-likeness (QED) is 0.513. The van der Waals surface area contributed by atoms with Crippen LogP contribution in [0.3, 0.4) is 0 Å². The highest BCUT2D eigenvalue weighted by atomic mass is 16.2. The van der Waals surface area contributed by atoms with E-state index in [-0.39, 0.29) is 17.7 Å². The molecule has 1 saturated heterocycles. The number of para-hydroxylation sites is 3. The summed E-state index contributed by atoms with van der Waals surface area (Å²) in [5, 5.41) is 7.31. The van der Waals surface area contributed by atoms with Crippen molar-refractivity contribution in [1.82, 2.24) is 24.6 Å². The Labute approximate surface area is 191 Å². The molecule has 33 heavy (non-hydrogen) atoms. The summed E-state index contributed by atoms with van der Waals surface area (Å²) in [6, 6.07) is 19.2. The third-order valence-electron chi connectivity index (χ3n) is 6.39. The lowest BCUT2D eigenvalue weighted by molar-refractivity contribution is -0.132. The van der Waals surface area contributed by atoms with Crippen LogP contribution in [0, 0.1) is 0 Å². The number of hydrogen-bond acceptors (Lipinski definition) is 4. The van der Waals surface area contributed by atoms with Gasteiger partial charge in [0.05, 0.1) is 17.4 Å². The largest absolute Gasteiger partial charge is 0.341 e. The number of imidazole rings is 1. The van der Waals surface area contributed by atoms with Crippen LogP contribution in [0.5, 0.6) is 0 Å². The molecule has 0 saturated carbocycles. The fourth-order valence-corrected chi connectivity index (χ4v) is 4.42. The molecule has 0 spiro atoms. The van der Waals surface area contributed by atoms with Crippen LogP contribution in [0.25, 0.3) is 11.0 Å². The van der Waals surface area contributed by atoms with Crippen molar-refractivity contribution in [2.75, 3.05) is 25.0 Å². The Morgan fingerprint density at radius 2 is 1.79 bits per heavy atom. The van der Waals surface area contributed by atoms with Gasteiger partial charge in [-0.15, -0.1) is 0 Å². The first-order valence-electron chi connectivity index (χ1n) is 11.2. The van der Waals surface area contributed by atoms with Crippen LogP contribution in [-0.2, 0) is 11.3 Å². The fourth-order valence-electron chi connectivity index (χ4n) is 4.42. The van der Waals surface area contributed by atoms with Crippen LogP contribution in [0.2, 0.25) is 0 Å². The summed E-state index contributed by atoms with van der Waals surface area (Å²) in [5.41, 5.74) is 4.04. The number of carbonyl (C=O) groups excluding carboxylic acids is 2. The van der Waals surface area contributed by atoms with E-state index in [0.29, 0.717) is 25.3 Å². The topological polar surface area (TPSA) is 87.1 Å². The van der Waals surface area contributed by atoms with E-state index < -0.39 is 0 Å². The highest BCUT2D eigenvalue weighted by Gasteiger charge is 2.26. The molecule has 5 rings (SSSR count). The van der Waals surface area contributed by atoms with Crippen molar-refractivity contribution < 1.29 is 9.59 Å². The van der Waals surface area contributed by atoms with Crippen molar-refractivity contribution in [3.8, 4) is 0 Å². The van der Waals surface area contributed by atoms with Crippen LogP contribution >= 0.6 is 0 Å². The summed E-state index contributed by atoms with van der Waals surface area (Å²) in [6.07, 6.45) is 3.40. The maximum absolute atomic E-state index is 12.9. The first-order chi connectivity index (χ1) is 16.1. The molecule has 2 aromatic heterocycles. The average Bonchev–Trinajstić information content (AvgIpc) is 3.52. The molecule has 1 aliphatic heterocycles. The molecule has 8 heteroatoms. The maximum Gasteiger partial charge on any atom is 0.278 e. The summed E-state index contributed by atoms with van der Waals surface area (Å²) in [7, 11) is 1.75. The summed E-state index contributed by atoms with van der Waals surface area (Å²) < 4.78 is 1.90. The molecule has 4 aromatic rings. The Bertz CT molecular complexity index is 1270. The zero-order valence-corrected chi connectivity index (χ0v) is 18.5. The minimum Gasteiger partial charge on any atom is -0.341 e. The third-order valence-corrected chi connectivity index (χ3v) is 6.39. The first-order valence-corrected chi connectivity index (χ1v) is 11.2. The monoisotopic (exact) mass is 442 g/mol. The molecule has 2 aromatic carbocycles. The molecule has 2 amide bonds. The minimum atomic E-state index is -0.149. The van der Waals surface area contributed by atoms with Gasteiger partial charge in [0.2, 0.25) is 5.91 Å². The van der Waals surface area contributed by atoms with Gasteiger partial charge in [-0.1, -0.05) is 30.3 Å². The van der Waals surface area contributed by atoms with E-state index in [9.17, 15) is 9.59 Å². The van der Waals surface area contributed by atoms with Crippen LogP contribution in [0.1, 0.15) is 34.9 Å². The number of likely N-dealkylation sites (tertiary alicyclic amines) is 1. The number of aromatic nitrogens is 4. The summed E-state index contributed by atoms with van der Waals surface area (Å²) >= 11 is 0. The van der Waals surface area contributed by atoms with Gasteiger partial charge in [0.25, 0.3) is 5.91 Å². The smallest absolute Gasteiger partial charge is 0.278 e. The van der Waals surface area contributed by atoms with Crippen molar-refractivity contribution in [3.05, 3.63) is 78.4 Å². The summed E-state index contributed by atoms with van der Waals surface area (Å²) in [5.74, 6) is 0.199. The van der Waals surface area contributed by atoms with Gasteiger partial charge in [0.15, 0.2) is 5.69 Å². The Morgan fingerprint density at radius 1 is 1.06 bits per heavy atom. The molecule has 168 valence electrons. The lowest BCUT2D eigenvalue weighted by Crippen LogP contribution is -2.39. The van der Waals surface area contributed by atoms with Crippen LogP contribution in [-0.4, -0.2) is 56.6 Å². The molecule has 1 fully saturated rings. The SMILES string of the molecule is CN(C(=O)c1cc(C2CCN(C(=O)Cn3cnc4ccccc43)CC2)[nH]n1)c1ccccc1. The molecule has 0 aliphatic carbocycles. The summed E-state index contributed by atoms with van der Waals surface area (Å²) in [4.78, 5) is 33.6. The zero-order valence-electron chi connectivity index (χ0n) is 18.5. The van der Waals surface area contributed by atoms with E-state index in [0.717, 1.165) is 35.3 Å². The number of amides is 2. The number of fused-ring (bicyclic) bond motifs is 1. The lowest BCUT2D eigenvalue weighted by atomic mass is 9.93. The number of hydrogen-bond donors (Lipinski definition) is 1. The third kappa shape index (κ3) is 4.24. The number of carbonyl (C=O) groups is 2. The van der Waals surface area contributed by atoms with Gasteiger partial charge in [-0.05, 0) is 43.2 Å². The van der Waals surface area contributed by atoms with Crippen molar-refractivity contribution in [2.45, 2.75) is 25.3 Å². The predicted molar refractivity (Wildman–Crippen MR) is 126 cm³/mol. The predicted octanol–water partition coefficient (Wildman–Crippen LogP) is 3.44. The number of rotatable bonds is 5. The van der Waals surface area contributed by atoms with Crippen molar-refractivity contribution in [2.24, 2.45) is 0 Å². The first kappa shape index (κ1) is 20.9. The number of H-pyrrole nitrogens is 1. The van der Waals surface area contributed by atoms with Gasteiger partial charge in [0.1, 0.15) is 6.54 Å². The standard InChI is InChI=1S/C25H26N6O2/c1-29(19-7-3-2-4-8-19)25(33)22-15-21(27-28-22)18-11-13-30(14-12-18)24(32)16-31-17-26-20-9-5-6-10-23(20)31/h2-10,15,17-18H,11-14,16H2,1H3,(H,27,28). The molecule has 0 atom stereocenters. The van der Waals surface area contributed by atoms with Crippen molar-refractivity contribution in [1.29, 1.82) is 0 Å². The van der Waals surface area contributed by atoms with E-state index in [1.165, 1.54) is 0 Å². The minimum absolute atomic E-state index is 0.0987. The number of nitrogens with one attached hydrogen (secondary N) is 1. The number of nitrogens with zero attached hydrogens (tertiary/aromatic N) is 5. The Kier molecular flexibility index (Phi) is 5.64. The number of benzene rings is 2. The Hall–Kier alpha value is -3.94. The molecule has 8 nitrogen and oxygen atoms in total. The van der Waals surface area contributed by atoms with Crippen LogP contribution < -0.4 is 4.90 Å². The second-order valence-electron chi connectivity index (χ2n) is 8.42. The average molecular weight is 443 g/mol. The summed E-state index contributed by atoms with van der Waals surface area (Å²) in [6.45, 7) is 1.66. The molecule has 1 aliphatic rings. The normalized spacial score (nSPS) is 14.5. The Balaban J connectivity index is 1.19. The number of anilines is 1. The van der Waals surface area contributed by atoms with Gasteiger partial charge in [-0.25, -0.2) is 4.98 Å². The number of piperidine rings is 1. The highest BCUT2D eigenvalue weighted by molar-refractivity contribution is 6.04. The van der Waals surface area contributed by atoms with E-state index in [2.05, 4.69) is 15.2 Å². The molecule has 0 bridgehead atoms. The molecule has 0 radical (unpaired) electrons. The molecular formula is C25H26N6O2. The van der Waals surface area contributed by atoms with Crippen molar-refractivity contribution >= 4 is 28.5 Å². The van der Waals surface area contributed by atoms with E-state index in [1.54, 1.807) is 18.3 Å². The van der Waals surface area contributed by atoms with E-state index >= 15 is 0 Å². The fraction of sp³-hybridized carbons (Fsp3) is 0.280. The van der Waals surface area contributed by atoms with Gasteiger partial charge in [0, 0.05) is 37.4 Å². The highest BCUT2D eigenvalue weighted by Crippen LogP contribution is 2.28. The molecule has 0 unspecified atom stereocenters. The van der Waals surface area contributed by atoms with Gasteiger partial charge >= 0.3 is 0 Å². The van der Waals surface area contributed by atoms with Crippen molar-refractivity contribution in [3.63, 3.8) is 0 Å². The van der Waals surface area contributed by atoms with Crippen LogP contribution in [0.4, 0.5) is 5.69 Å². The van der Waals surface area contributed by atoms with Gasteiger partial charge in [-0.2, -0.15) is 5.10 Å². The van der Waals surface area contributed by atoms with E-state index in [1.807, 2.05) is 70.1 Å².